The highest BCUT2D eigenvalue weighted by molar-refractivity contribution is 5.54. The minimum atomic E-state index is -2.53. The third kappa shape index (κ3) is 4.05. The van der Waals surface area contributed by atoms with Crippen LogP contribution in [0.25, 0.3) is 0 Å². The zero-order valence-electron chi connectivity index (χ0n) is 10.6. The third-order valence-corrected chi connectivity index (χ3v) is 2.54. The van der Waals surface area contributed by atoms with Crippen LogP contribution in [0.4, 0.5) is 14.6 Å². The van der Waals surface area contributed by atoms with Gasteiger partial charge in [0.25, 0.3) is 5.92 Å². The molecule has 0 radical (unpaired) electrons. The molecule has 0 saturated heterocycles. The summed E-state index contributed by atoms with van der Waals surface area (Å²) in [5, 5.41) is 2.93. The van der Waals surface area contributed by atoms with Gasteiger partial charge in [-0.3, -0.25) is 0 Å². The average Bonchev–Trinajstić information content (AvgIpc) is 2.30. The zero-order valence-corrected chi connectivity index (χ0v) is 10.6. The molecule has 0 aromatic carbocycles. The van der Waals surface area contributed by atoms with Gasteiger partial charge in [0.05, 0.1) is 0 Å². The molecular formula is C13H18F2N2O. The van der Waals surface area contributed by atoms with Crippen LogP contribution in [0.15, 0.2) is 18.2 Å². The van der Waals surface area contributed by atoms with Gasteiger partial charge in [-0.15, -0.1) is 0 Å². The molecule has 1 heterocycles. The third-order valence-electron chi connectivity index (χ3n) is 2.54. The lowest BCUT2D eigenvalue weighted by Gasteiger charge is -2.35. The fourth-order valence-electron chi connectivity index (χ4n) is 1.73. The molecule has 1 aromatic rings. The Hall–Kier alpha value is -1.52. The Morgan fingerprint density at radius 1 is 1.44 bits per heavy atom. The highest BCUT2D eigenvalue weighted by atomic mass is 19.3. The highest BCUT2D eigenvalue weighted by Gasteiger charge is 2.45. The summed E-state index contributed by atoms with van der Waals surface area (Å²) < 4.78 is 25.2. The fraction of sp³-hybridized carbons (Fsp3) is 0.538. The first-order valence-electron chi connectivity index (χ1n) is 6.13. The fourth-order valence-corrected chi connectivity index (χ4v) is 1.73. The van der Waals surface area contributed by atoms with E-state index in [-0.39, 0.29) is 25.3 Å². The van der Waals surface area contributed by atoms with Crippen LogP contribution in [0.5, 0.6) is 0 Å². The molecule has 0 aliphatic heterocycles. The monoisotopic (exact) mass is 256 g/mol. The van der Waals surface area contributed by atoms with Crippen molar-refractivity contribution < 1.29 is 13.6 Å². The van der Waals surface area contributed by atoms with Crippen molar-refractivity contribution in [2.75, 3.05) is 5.32 Å². The van der Waals surface area contributed by atoms with E-state index in [0.717, 1.165) is 6.29 Å². The molecule has 0 amide bonds. The van der Waals surface area contributed by atoms with Gasteiger partial charge in [-0.1, -0.05) is 19.9 Å². The molecule has 100 valence electrons. The lowest BCUT2D eigenvalue weighted by atomic mass is 9.88. The molecule has 1 N–H and O–H groups in total. The molecule has 1 aliphatic rings. The Kier molecular flexibility index (Phi) is 5.19. The lowest BCUT2D eigenvalue weighted by Crippen LogP contribution is -2.44. The second-order valence-corrected chi connectivity index (χ2v) is 3.99. The molecule has 1 saturated carbocycles. The van der Waals surface area contributed by atoms with Crippen molar-refractivity contribution in [2.45, 2.75) is 45.1 Å². The van der Waals surface area contributed by atoms with Crippen LogP contribution >= 0.6 is 0 Å². The van der Waals surface area contributed by atoms with Gasteiger partial charge in [0.2, 0.25) is 0 Å². The summed E-state index contributed by atoms with van der Waals surface area (Å²) in [5.74, 6) is -1.97. The number of pyridine rings is 1. The van der Waals surface area contributed by atoms with E-state index in [0.29, 0.717) is 11.5 Å². The normalized spacial score (nSPS) is 17.1. The molecule has 18 heavy (non-hydrogen) atoms. The second kappa shape index (κ2) is 6.42. The van der Waals surface area contributed by atoms with Crippen molar-refractivity contribution in [1.82, 2.24) is 4.98 Å². The largest absolute Gasteiger partial charge is 0.367 e. The van der Waals surface area contributed by atoms with Crippen molar-refractivity contribution in [3.63, 3.8) is 0 Å². The summed E-state index contributed by atoms with van der Waals surface area (Å²) in [6.45, 7) is 4.00. The topological polar surface area (TPSA) is 42.0 Å². The number of aldehydes is 1. The van der Waals surface area contributed by atoms with E-state index in [1.165, 1.54) is 0 Å². The number of carbonyl (C=O) groups excluding carboxylic acids is 1. The summed E-state index contributed by atoms with van der Waals surface area (Å²) in [7, 11) is 0. The van der Waals surface area contributed by atoms with Crippen molar-refractivity contribution >= 4 is 12.1 Å². The molecular weight excluding hydrogens is 238 g/mol. The first kappa shape index (κ1) is 14.5. The Balaban J connectivity index is 0.000000771. The standard InChI is InChI=1S/C11H12F2N2O.C2H6/c12-11(13)6-9(7-11)15-10-3-1-2-8(14-10)4-5-16;1-2/h1-3,5,9H,4,6-7H2,(H,14,15);1-2H3. The first-order chi connectivity index (χ1) is 8.59. The smallest absolute Gasteiger partial charge is 0.252 e. The van der Waals surface area contributed by atoms with Gasteiger partial charge in [-0.2, -0.15) is 0 Å². The van der Waals surface area contributed by atoms with Crippen molar-refractivity contribution in [3.8, 4) is 0 Å². The van der Waals surface area contributed by atoms with E-state index in [9.17, 15) is 13.6 Å². The Morgan fingerprint density at radius 3 is 2.67 bits per heavy atom. The Morgan fingerprint density at radius 2 is 2.11 bits per heavy atom. The van der Waals surface area contributed by atoms with Crippen LogP contribution in [0.2, 0.25) is 0 Å². The number of nitrogens with one attached hydrogen (secondary N) is 1. The van der Waals surface area contributed by atoms with Crippen molar-refractivity contribution in [2.24, 2.45) is 0 Å². The zero-order chi connectivity index (χ0) is 13.6. The number of anilines is 1. The van der Waals surface area contributed by atoms with Crippen LogP contribution in [-0.2, 0) is 11.2 Å². The van der Waals surface area contributed by atoms with E-state index >= 15 is 0 Å². The summed E-state index contributed by atoms with van der Waals surface area (Å²) in [5.41, 5.74) is 0.645. The molecule has 3 nitrogen and oxygen atoms in total. The predicted octanol–water partition coefficient (Wildman–Crippen LogP) is 3.06. The maximum Gasteiger partial charge on any atom is 0.252 e. The van der Waals surface area contributed by atoms with Crippen LogP contribution in [0.3, 0.4) is 0 Å². The second-order valence-electron chi connectivity index (χ2n) is 3.99. The van der Waals surface area contributed by atoms with Gasteiger partial charge in [-0.05, 0) is 12.1 Å². The van der Waals surface area contributed by atoms with Gasteiger partial charge >= 0.3 is 0 Å². The molecule has 1 aromatic heterocycles. The molecule has 2 rings (SSSR count). The van der Waals surface area contributed by atoms with Crippen LogP contribution in [-0.4, -0.2) is 23.2 Å². The van der Waals surface area contributed by atoms with E-state index in [1.807, 2.05) is 13.8 Å². The Labute approximate surface area is 106 Å². The van der Waals surface area contributed by atoms with Crippen molar-refractivity contribution in [3.05, 3.63) is 23.9 Å². The minimum Gasteiger partial charge on any atom is -0.367 e. The van der Waals surface area contributed by atoms with Gasteiger partial charge < -0.3 is 10.1 Å². The summed E-state index contributed by atoms with van der Waals surface area (Å²) in [4.78, 5) is 14.4. The molecule has 5 heteroatoms. The predicted molar refractivity (Wildman–Crippen MR) is 66.9 cm³/mol. The van der Waals surface area contributed by atoms with Gasteiger partial charge in [-0.25, -0.2) is 13.8 Å². The number of hydrogen-bond donors (Lipinski definition) is 1. The van der Waals surface area contributed by atoms with Crippen LogP contribution in [0, 0.1) is 0 Å². The number of alkyl halides is 2. The summed E-state index contributed by atoms with van der Waals surface area (Å²) in [6, 6.07) is 4.99. The van der Waals surface area contributed by atoms with E-state index in [1.54, 1.807) is 18.2 Å². The number of rotatable bonds is 4. The molecule has 0 unspecified atom stereocenters. The maximum atomic E-state index is 12.6. The summed E-state index contributed by atoms with van der Waals surface area (Å²) >= 11 is 0. The van der Waals surface area contributed by atoms with Gasteiger partial charge in [0.15, 0.2) is 0 Å². The molecule has 0 atom stereocenters. The van der Waals surface area contributed by atoms with E-state index < -0.39 is 5.92 Å². The number of nitrogens with zero attached hydrogens (tertiary/aromatic N) is 1. The van der Waals surface area contributed by atoms with Crippen molar-refractivity contribution in [1.29, 1.82) is 0 Å². The SMILES string of the molecule is CC.O=CCc1cccc(NC2CC(F)(F)C2)n1. The lowest BCUT2D eigenvalue weighted by molar-refractivity contribution is -0.107. The van der Waals surface area contributed by atoms with Crippen LogP contribution < -0.4 is 5.32 Å². The summed E-state index contributed by atoms with van der Waals surface area (Å²) in [6.07, 6.45) is 0.721. The Bertz CT molecular complexity index is 388. The number of halogens is 2. The molecule has 0 bridgehead atoms. The number of carbonyl (C=O) groups is 1. The highest BCUT2D eigenvalue weighted by Crippen LogP contribution is 2.38. The average molecular weight is 256 g/mol. The van der Waals surface area contributed by atoms with E-state index in [2.05, 4.69) is 10.3 Å². The number of hydrogen-bond acceptors (Lipinski definition) is 3. The minimum absolute atomic E-state index is 0.146. The molecule has 1 fully saturated rings. The van der Waals surface area contributed by atoms with E-state index in [4.69, 9.17) is 0 Å². The number of aromatic nitrogens is 1. The van der Waals surface area contributed by atoms with Gasteiger partial charge in [0.1, 0.15) is 12.1 Å². The molecule has 0 spiro atoms. The first-order valence-corrected chi connectivity index (χ1v) is 6.13. The van der Waals surface area contributed by atoms with Crippen LogP contribution in [0.1, 0.15) is 32.4 Å². The quantitative estimate of drug-likeness (QED) is 0.842. The maximum absolute atomic E-state index is 12.6. The molecule has 1 aliphatic carbocycles. The van der Waals surface area contributed by atoms with Gasteiger partial charge in [0, 0.05) is 31.0 Å².